The van der Waals surface area contributed by atoms with Gasteiger partial charge in [-0.15, -0.1) is 0 Å². The Labute approximate surface area is 195 Å². The summed E-state index contributed by atoms with van der Waals surface area (Å²) in [6, 6.07) is 19.6. The summed E-state index contributed by atoms with van der Waals surface area (Å²) in [6.07, 6.45) is 0. The summed E-state index contributed by atoms with van der Waals surface area (Å²) in [4.78, 5) is 26.7. The first-order chi connectivity index (χ1) is 16.4. The van der Waals surface area contributed by atoms with E-state index in [2.05, 4.69) is 9.88 Å². The number of aromatic nitrogens is 3. The van der Waals surface area contributed by atoms with Gasteiger partial charge in [0.15, 0.2) is 0 Å². The number of fused-ring (bicyclic) bond motifs is 5. The largest absolute Gasteiger partial charge is 0.464 e. The van der Waals surface area contributed by atoms with Gasteiger partial charge >= 0.3 is 5.69 Å². The van der Waals surface area contributed by atoms with Gasteiger partial charge in [0, 0.05) is 14.1 Å². The average Bonchev–Trinajstić information content (AvgIpc) is 3.43. The van der Waals surface area contributed by atoms with Gasteiger partial charge in [-0.05, 0) is 43.7 Å². The first-order valence-electron chi connectivity index (χ1n) is 11.2. The van der Waals surface area contributed by atoms with Gasteiger partial charge in [-0.25, -0.2) is 4.79 Å². The number of anilines is 1. The molecule has 0 spiro atoms. The number of hydrogen-bond donors (Lipinski definition) is 1. The summed E-state index contributed by atoms with van der Waals surface area (Å²) in [5.41, 5.74) is 5.36. The Balaban J connectivity index is 1.87. The standard InChI is InChI=1S/C27H24N4O3/c1-15-9-12-17(13-10-15)23-21-24(29(3)27(33)30(4)26(21)32)25-22(20-14-11-16(2)34-20)28-18-7-5-6-8-19(18)31(23)25/h5-14,22,28H,1-4H3/t22-/m1/s1. The number of rotatable bonds is 2. The maximum absolute atomic E-state index is 13.6. The van der Waals surface area contributed by atoms with Crippen LogP contribution in [0.25, 0.3) is 27.8 Å². The molecule has 0 saturated heterocycles. The number of nitrogens with one attached hydrogen (secondary N) is 1. The number of furan rings is 1. The quantitative estimate of drug-likeness (QED) is 0.430. The topological polar surface area (TPSA) is 74.1 Å². The fourth-order valence-electron chi connectivity index (χ4n) is 5.03. The van der Waals surface area contributed by atoms with E-state index >= 15 is 0 Å². The van der Waals surface area contributed by atoms with Gasteiger partial charge in [-0.1, -0.05) is 42.0 Å². The molecule has 1 aliphatic heterocycles. The summed E-state index contributed by atoms with van der Waals surface area (Å²) in [5.74, 6) is 1.51. The Morgan fingerprint density at radius 1 is 0.882 bits per heavy atom. The molecule has 0 fully saturated rings. The second-order valence-corrected chi connectivity index (χ2v) is 8.91. The van der Waals surface area contributed by atoms with Crippen molar-refractivity contribution in [2.75, 3.05) is 5.32 Å². The first-order valence-corrected chi connectivity index (χ1v) is 11.2. The van der Waals surface area contributed by atoms with Crippen LogP contribution in [0.15, 0.2) is 74.7 Å². The van der Waals surface area contributed by atoms with E-state index in [4.69, 9.17) is 4.42 Å². The van der Waals surface area contributed by atoms with E-state index < -0.39 is 0 Å². The molecule has 5 aromatic rings. The van der Waals surface area contributed by atoms with Crippen LogP contribution in [-0.2, 0) is 14.1 Å². The summed E-state index contributed by atoms with van der Waals surface area (Å²) in [5, 5.41) is 4.10. The minimum Gasteiger partial charge on any atom is -0.464 e. The number of benzene rings is 2. The highest BCUT2D eigenvalue weighted by atomic mass is 16.3. The van der Waals surface area contributed by atoms with Gasteiger partial charge in [-0.3, -0.25) is 13.9 Å². The van der Waals surface area contributed by atoms with Gasteiger partial charge in [0.1, 0.15) is 17.6 Å². The molecule has 2 aromatic carbocycles. The molecule has 34 heavy (non-hydrogen) atoms. The van der Waals surface area contributed by atoms with Crippen molar-refractivity contribution in [2.45, 2.75) is 19.9 Å². The second-order valence-electron chi connectivity index (χ2n) is 8.91. The highest BCUT2D eigenvalue weighted by Gasteiger charge is 2.35. The van der Waals surface area contributed by atoms with E-state index in [9.17, 15) is 9.59 Å². The number of aryl methyl sites for hydroxylation is 3. The maximum atomic E-state index is 13.6. The lowest BCUT2D eigenvalue weighted by molar-refractivity contribution is 0.469. The molecular weight excluding hydrogens is 428 g/mol. The highest BCUT2D eigenvalue weighted by Crippen LogP contribution is 2.45. The molecule has 6 rings (SSSR count). The van der Waals surface area contributed by atoms with E-state index in [0.717, 1.165) is 45.4 Å². The second kappa shape index (κ2) is 7.12. The summed E-state index contributed by atoms with van der Waals surface area (Å²) in [6.45, 7) is 3.94. The Hall–Kier alpha value is -4.26. The van der Waals surface area contributed by atoms with Crippen LogP contribution in [0.2, 0.25) is 0 Å². The van der Waals surface area contributed by atoms with Crippen LogP contribution in [0.1, 0.15) is 28.8 Å². The molecule has 7 heteroatoms. The van der Waals surface area contributed by atoms with Crippen molar-refractivity contribution in [1.29, 1.82) is 0 Å². The lowest BCUT2D eigenvalue weighted by atomic mass is 10.1. The number of hydrogen-bond acceptors (Lipinski definition) is 4. The van der Waals surface area contributed by atoms with Gasteiger partial charge in [0.05, 0.1) is 33.7 Å². The van der Waals surface area contributed by atoms with Crippen LogP contribution >= 0.6 is 0 Å². The van der Waals surface area contributed by atoms with Crippen LogP contribution < -0.4 is 16.6 Å². The van der Waals surface area contributed by atoms with E-state index in [0.29, 0.717) is 10.9 Å². The van der Waals surface area contributed by atoms with Gasteiger partial charge < -0.3 is 14.3 Å². The molecule has 0 radical (unpaired) electrons. The van der Waals surface area contributed by atoms with Crippen molar-refractivity contribution in [3.63, 3.8) is 0 Å². The molecule has 4 heterocycles. The van der Waals surface area contributed by atoms with E-state index in [1.807, 2.05) is 74.5 Å². The highest BCUT2D eigenvalue weighted by molar-refractivity contribution is 5.99. The van der Waals surface area contributed by atoms with Crippen molar-refractivity contribution >= 4 is 16.6 Å². The zero-order chi connectivity index (χ0) is 23.7. The summed E-state index contributed by atoms with van der Waals surface area (Å²) < 4.78 is 10.9. The third-order valence-corrected chi connectivity index (χ3v) is 6.70. The van der Waals surface area contributed by atoms with Crippen LogP contribution in [0.3, 0.4) is 0 Å². The molecule has 0 aliphatic carbocycles. The molecule has 1 atom stereocenters. The van der Waals surface area contributed by atoms with Crippen molar-refractivity contribution in [1.82, 2.24) is 13.7 Å². The predicted molar refractivity (Wildman–Crippen MR) is 133 cm³/mol. The molecule has 3 aromatic heterocycles. The molecule has 1 N–H and O–H groups in total. The molecular formula is C27H24N4O3. The molecule has 7 nitrogen and oxygen atoms in total. The molecule has 0 saturated carbocycles. The lowest BCUT2D eigenvalue weighted by Gasteiger charge is -2.29. The van der Waals surface area contributed by atoms with Crippen LogP contribution in [0.5, 0.6) is 0 Å². The Morgan fingerprint density at radius 3 is 2.32 bits per heavy atom. The Kier molecular flexibility index (Phi) is 4.26. The fourth-order valence-corrected chi connectivity index (χ4v) is 5.03. The average molecular weight is 453 g/mol. The van der Waals surface area contributed by atoms with E-state index in [1.165, 1.54) is 11.6 Å². The summed E-state index contributed by atoms with van der Waals surface area (Å²) in [7, 11) is 3.24. The SMILES string of the molecule is Cc1ccc(-c2c3c(=O)n(C)c(=O)n(C)c3c3n2-c2ccccc2N[C@@H]3c2ccc(C)o2)cc1. The molecule has 0 amide bonds. The van der Waals surface area contributed by atoms with Crippen LogP contribution in [0, 0.1) is 13.8 Å². The minimum atomic E-state index is -0.386. The van der Waals surface area contributed by atoms with Crippen molar-refractivity contribution in [3.8, 4) is 16.9 Å². The smallest absolute Gasteiger partial charge is 0.331 e. The van der Waals surface area contributed by atoms with Gasteiger partial charge in [-0.2, -0.15) is 0 Å². The minimum absolute atomic E-state index is 0.317. The van der Waals surface area contributed by atoms with E-state index in [-0.39, 0.29) is 17.3 Å². The predicted octanol–water partition coefficient (Wildman–Crippen LogP) is 4.42. The fraction of sp³-hybridized carbons (Fsp3) is 0.185. The van der Waals surface area contributed by atoms with E-state index in [1.54, 1.807) is 11.6 Å². The maximum Gasteiger partial charge on any atom is 0.331 e. The number of nitrogens with zero attached hydrogens (tertiary/aromatic N) is 3. The monoisotopic (exact) mass is 452 g/mol. The van der Waals surface area contributed by atoms with Crippen molar-refractivity contribution < 1.29 is 4.42 Å². The zero-order valence-electron chi connectivity index (χ0n) is 19.4. The normalized spacial score (nSPS) is 14.6. The lowest BCUT2D eigenvalue weighted by Crippen LogP contribution is -2.37. The molecule has 0 bridgehead atoms. The van der Waals surface area contributed by atoms with Crippen molar-refractivity contribution in [2.24, 2.45) is 14.1 Å². The Bertz CT molecular complexity index is 1710. The third-order valence-electron chi connectivity index (χ3n) is 6.70. The van der Waals surface area contributed by atoms with Gasteiger partial charge in [0.25, 0.3) is 5.56 Å². The van der Waals surface area contributed by atoms with Crippen molar-refractivity contribution in [3.05, 3.63) is 104 Å². The van der Waals surface area contributed by atoms with Gasteiger partial charge in [0.2, 0.25) is 0 Å². The molecule has 0 unspecified atom stereocenters. The molecule has 1 aliphatic rings. The zero-order valence-corrected chi connectivity index (χ0v) is 19.4. The van der Waals surface area contributed by atoms with Crippen LogP contribution in [-0.4, -0.2) is 13.7 Å². The third kappa shape index (κ3) is 2.70. The summed E-state index contributed by atoms with van der Waals surface area (Å²) >= 11 is 0. The number of para-hydroxylation sites is 2. The first kappa shape index (κ1) is 20.4. The van der Waals surface area contributed by atoms with Crippen LogP contribution in [0.4, 0.5) is 5.69 Å². The molecule has 170 valence electrons. The Morgan fingerprint density at radius 2 is 1.62 bits per heavy atom.